The number of carbonyl (C=O) groups excluding carboxylic acids is 1. The maximum absolute atomic E-state index is 13.3. The predicted molar refractivity (Wildman–Crippen MR) is 68.1 cm³/mol. The summed E-state index contributed by atoms with van der Waals surface area (Å²) in [5, 5.41) is 8.55. The summed E-state index contributed by atoms with van der Waals surface area (Å²) in [5.41, 5.74) is 1.36. The van der Waals surface area contributed by atoms with Gasteiger partial charge in [-0.05, 0) is 30.5 Å². The van der Waals surface area contributed by atoms with Gasteiger partial charge in [0.1, 0.15) is 0 Å². The summed E-state index contributed by atoms with van der Waals surface area (Å²) in [7, 11) is 0. The Balaban J connectivity index is 2.68. The monoisotopic (exact) mass is 266 g/mol. The zero-order chi connectivity index (χ0) is 14.3. The highest BCUT2D eigenvalue weighted by molar-refractivity contribution is 5.91. The van der Waals surface area contributed by atoms with Gasteiger partial charge in [0.2, 0.25) is 5.83 Å². The lowest BCUT2D eigenvalue weighted by atomic mass is 10.1. The van der Waals surface area contributed by atoms with Gasteiger partial charge in [-0.15, -0.1) is 0 Å². The Morgan fingerprint density at radius 2 is 1.95 bits per heavy atom. The van der Waals surface area contributed by atoms with E-state index >= 15 is 0 Å². The molecule has 0 unspecified atom stereocenters. The second kappa shape index (κ2) is 7.31. The summed E-state index contributed by atoms with van der Waals surface area (Å²) in [6, 6.07) is 6.65. The third kappa shape index (κ3) is 5.33. The molecule has 0 atom stereocenters. The summed E-state index contributed by atoms with van der Waals surface area (Å²) < 4.78 is 17.8. The van der Waals surface area contributed by atoms with Crippen LogP contribution in [0, 0.1) is 0 Å². The Morgan fingerprint density at radius 1 is 1.32 bits per heavy atom. The minimum absolute atomic E-state index is 0.0480. The van der Waals surface area contributed by atoms with E-state index in [4.69, 9.17) is 5.11 Å². The van der Waals surface area contributed by atoms with Crippen LogP contribution in [-0.2, 0) is 20.7 Å². The van der Waals surface area contributed by atoms with E-state index in [0.717, 1.165) is 11.6 Å². The molecule has 0 saturated heterocycles. The number of hydrogen-bond acceptors (Lipinski definition) is 3. The molecular formula is C14H15FO4. The molecule has 4 nitrogen and oxygen atoms in total. The highest BCUT2D eigenvalue weighted by Gasteiger charge is 2.09. The molecule has 0 radical (unpaired) electrons. The van der Waals surface area contributed by atoms with Gasteiger partial charge in [-0.25, -0.2) is 4.79 Å². The van der Waals surface area contributed by atoms with Crippen LogP contribution in [0.3, 0.4) is 0 Å². The Kier molecular flexibility index (Phi) is 5.73. The molecule has 0 saturated carbocycles. The van der Waals surface area contributed by atoms with E-state index in [1.54, 1.807) is 31.2 Å². The SMILES string of the molecule is CCOC(=O)C(F)=Cc1ccc(CCC(=O)O)cc1. The Bertz CT molecular complexity index is 477. The zero-order valence-electron chi connectivity index (χ0n) is 10.6. The van der Waals surface area contributed by atoms with E-state index in [9.17, 15) is 14.0 Å². The quantitative estimate of drug-likeness (QED) is 0.635. The molecule has 0 aliphatic heterocycles. The van der Waals surface area contributed by atoms with Crippen molar-refractivity contribution in [3.8, 4) is 0 Å². The maximum atomic E-state index is 13.3. The number of aliphatic carboxylic acids is 1. The number of rotatable bonds is 6. The Hall–Kier alpha value is -2.17. The number of esters is 1. The van der Waals surface area contributed by atoms with Crippen LogP contribution >= 0.6 is 0 Å². The van der Waals surface area contributed by atoms with Crippen molar-refractivity contribution < 1.29 is 23.8 Å². The Labute approximate surface area is 110 Å². The van der Waals surface area contributed by atoms with Gasteiger partial charge in [-0.1, -0.05) is 24.3 Å². The molecule has 19 heavy (non-hydrogen) atoms. The van der Waals surface area contributed by atoms with Gasteiger partial charge in [0.25, 0.3) is 0 Å². The largest absolute Gasteiger partial charge is 0.481 e. The first-order valence-corrected chi connectivity index (χ1v) is 5.88. The molecule has 1 N–H and O–H groups in total. The number of ether oxygens (including phenoxy) is 1. The van der Waals surface area contributed by atoms with E-state index in [2.05, 4.69) is 4.74 Å². The van der Waals surface area contributed by atoms with Gasteiger partial charge in [-0.3, -0.25) is 4.79 Å². The number of carbonyl (C=O) groups is 2. The van der Waals surface area contributed by atoms with Crippen molar-refractivity contribution in [1.82, 2.24) is 0 Å². The van der Waals surface area contributed by atoms with Crippen molar-refractivity contribution in [1.29, 1.82) is 0 Å². The number of hydrogen-bond donors (Lipinski definition) is 1. The molecule has 0 aromatic heterocycles. The van der Waals surface area contributed by atoms with Crippen molar-refractivity contribution in [2.45, 2.75) is 19.8 Å². The average Bonchev–Trinajstić information content (AvgIpc) is 2.38. The highest BCUT2D eigenvalue weighted by atomic mass is 19.1. The van der Waals surface area contributed by atoms with E-state index < -0.39 is 17.8 Å². The summed E-state index contributed by atoms with van der Waals surface area (Å²) in [4.78, 5) is 21.5. The summed E-state index contributed by atoms with van der Waals surface area (Å²) in [6.45, 7) is 1.72. The topological polar surface area (TPSA) is 63.6 Å². The first kappa shape index (κ1) is 14.9. The number of halogens is 1. The third-order valence-electron chi connectivity index (χ3n) is 2.37. The van der Waals surface area contributed by atoms with E-state index in [0.29, 0.717) is 12.0 Å². The first-order valence-electron chi connectivity index (χ1n) is 5.88. The summed E-state index contributed by atoms with van der Waals surface area (Å²) in [6.07, 6.45) is 1.55. The fraction of sp³-hybridized carbons (Fsp3) is 0.286. The smallest absolute Gasteiger partial charge is 0.367 e. The fourth-order valence-electron chi connectivity index (χ4n) is 1.44. The van der Waals surface area contributed by atoms with Crippen LogP contribution in [0.1, 0.15) is 24.5 Å². The molecule has 1 aromatic carbocycles. The van der Waals surface area contributed by atoms with Crippen LogP contribution in [0.5, 0.6) is 0 Å². The van der Waals surface area contributed by atoms with Gasteiger partial charge in [0, 0.05) is 6.42 Å². The second-order valence-electron chi connectivity index (χ2n) is 3.85. The number of carboxylic acids is 1. The molecule has 0 aliphatic carbocycles. The van der Waals surface area contributed by atoms with E-state index in [-0.39, 0.29) is 13.0 Å². The lowest BCUT2D eigenvalue weighted by Gasteiger charge is -2.01. The van der Waals surface area contributed by atoms with Crippen molar-refractivity contribution in [3.05, 3.63) is 41.2 Å². The molecule has 102 valence electrons. The molecule has 0 fully saturated rings. The minimum atomic E-state index is -0.988. The van der Waals surface area contributed by atoms with Gasteiger partial charge >= 0.3 is 11.9 Å². The molecule has 0 aliphatic rings. The molecule has 1 aromatic rings. The molecule has 0 bridgehead atoms. The lowest BCUT2D eigenvalue weighted by molar-refractivity contribution is -0.140. The van der Waals surface area contributed by atoms with Crippen LogP contribution in [0.4, 0.5) is 4.39 Å². The predicted octanol–water partition coefficient (Wildman–Crippen LogP) is 2.58. The van der Waals surface area contributed by atoms with Crippen molar-refractivity contribution in [2.75, 3.05) is 6.61 Å². The Morgan fingerprint density at radius 3 is 2.47 bits per heavy atom. The van der Waals surface area contributed by atoms with Crippen LogP contribution in [0.25, 0.3) is 6.08 Å². The molecular weight excluding hydrogens is 251 g/mol. The standard InChI is InChI=1S/C14H15FO4/c1-2-19-14(18)12(15)9-11-5-3-10(4-6-11)7-8-13(16)17/h3-6,9H,2,7-8H2,1H3,(H,16,17). The van der Waals surface area contributed by atoms with E-state index in [1.807, 2.05) is 0 Å². The van der Waals surface area contributed by atoms with Gasteiger partial charge in [0.15, 0.2) is 0 Å². The van der Waals surface area contributed by atoms with Crippen molar-refractivity contribution >= 4 is 18.0 Å². The van der Waals surface area contributed by atoms with E-state index in [1.165, 1.54) is 0 Å². The van der Waals surface area contributed by atoms with Gasteiger partial charge < -0.3 is 9.84 Å². The van der Waals surface area contributed by atoms with Crippen molar-refractivity contribution in [2.24, 2.45) is 0 Å². The molecule has 1 rings (SSSR count). The molecule has 5 heteroatoms. The van der Waals surface area contributed by atoms with Gasteiger partial charge in [0.05, 0.1) is 6.61 Å². The van der Waals surface area contributed by atoms with Gasteiger partial charge in [-0.2, -0.15) is 4.39 Å². The molecule has 0 spiro atoms. The third-order valence-corrected chi connectivity index (χ3v) is 2.37. The van der Waals surface area contributed by atoms with Crippen LogP contribution in [-0.4, -0.2) is 23.7 Å². The first-order chi connectivity index (χ1) is 9.02. The van der Waals surface area contributed by atoms with Crippen molar-refractivity contribution in [3.63, 3.8) is 0 Å². The normalized spacial score (nSPS) is 11.2. The second-order valence-corrected chi connectivity index (χ2v) is 3.85. The summed E-state index contributed by atoms with van der Waals surface area (Å²) >= 11 is 0. The summed E-state index contributed by atoms with van der Waals surface area (Å²) in [5.74, 6) is -2.81. The number of benzene rings is 1. The van der Waals surface area contributed by atoms with Crippen LogP contribution in [0.2, 0.25) is 0 Å². The van der Waals surface area contributed by atoms with Crippen LogP contribution in [0.15, 0.2) is 30.1 Å². The molecule has 0 amide bonds. The highest BCUT2D eigenvalue weighted by Crippen LogP contribution is 2.12. The number of carboxylic acid groups (broad SMARTS) is 1. The molecule has 0 heterocycles. The van der Waals surface area contributed by atoms with Crippen LogP contribution < -0.4 is 0 Å². The lowest BCUT2D eigenvalue weighted by Crippen LogP contribution is -2.03. The number of aryl methyl sites for hydroxylation is 1. The zero-order valence-corrected chi connectivity index (χ0v) is 10.6. The minimum Gasteiger partial charge on any atom is -0.481 e. The maximum Gasteiger partial charge on any atom is 0.367 e. The average molecular weight is 266 g/mol. The fourth-order valence-corrected chi connectivity index (χ4v) is 1.44.